The molecule has 1 aromatic carbocycles. The van der Waals surface area contributed by atoms with Crippen molar-refractivity contribution in [1.29, 1.82) is 0 Å². The molecule has 0 fully saturated rings. The molecule has 0 aliphatic carbocycles. The molecule has 0 saturated carbocycles. The van der Waals surface area contributed by atoms with E-state index in [-0.39, 0.29) is 10.6 Å². The number of hydrogen-bond acceptors (Lipinski definition) is 2. The zero-order valence-corrected chi connectivity index (χ0v) is 8.29. The Morgan fingerprint density at radius 3 is 2.80 bits per heavy atom. The van der Waals surface area contributed by atoms with Gasteiger partial charge in [0.15, 0.2) is 11.6 Å². The van der Waals surface area contributed by atoms with Crippen molar-refractivity contribution in [3.05, 3.63) is 58.8 Å². The van der Waals surface area contributed by atoms with Crippen molar-refractivity contribution in [3.8, 4) is 0 Å². The monoisotopic (exact) mass is 224 g/mol. The van der Waals surface area contributed by atoms with Gasteiger partial charge in [-0.15, -0.1) is 0 Å². The molecule has 0 bridgehead atoms. The van der Waals surface area contributed by atoms with E-state index in [0.717, 1.165) is 0 Å². The summed E-state index contributed by atoms with van der Waals surface area (Å²) in [6, 6.07) is 5.78. The highest BCUT2D eigenvalue weighted by Gasteiger charge is 2.16. The molecule has 0 atom stereocenters. The van der Waals surface area contributed by atoms with Gasteiger partial charge in [0.25, 0.3) is 0 Å². The van der Waals surface area contributed by atoms with Crippen LogP contribution in [0.3, 0.4) is 0 Å². The Morgan fingerprint density at radius 2 is 2.13 bits per heavy atom. The third kappa shape index (κ3) is 1.78. The number of halogens is 2. The first kappa shape index (κ1) is 9.93. The fourth-order valence-electron chi connectivity index (χ4n) is 1.23. The van der Waals surface area contributed by atoms with Gasteiger partial charge < -0.3 is 4.42 Å². The fraction of sp³-hybridized carbons (Fsp3) is 0. The van der Waals surface area contributed by atoms with Crippen molar-refractivity contribution >= 4 is 17.4 Å². The van der Waals surface area contributed by atoms with Crippen LogP contribution in [0, 0.1) is 5.82 Å². The summed E-state index contributed by atoms with van der Waals surface area (Å²) in [6.45, 7) is 0. The molecule has 0 spiro atoms. The lowest BCUT2D eigenvalue weighted by Crippen LogP contribution is -2.03. The van der Waals surface area contributed by atoms with Gasteiger partial charge in [-0.25, -0.2) is 4.39 Å². The summed E-state index contributed by atoms with van der Waals surface area (Å²) in [5, 5.41) is -0.0654. The van der Waals surface area contributed by atoms with Gasteiger partial charge in [0.1, 0.15) is 6.26 Å². The molecule has 2 rings (SSSR count). The van der Waals surface area contributed by atoms with Gasteiger partial charge in [0.2, 0.25) is 0 Å². The van der Waals surface area contributed by atoms with Crippen LogP contribution in [0.15, 0.2) is 41.2 Å². The molecule has 0 unspecified atom stereocenters. The van der Waals surface area contributed by atoms with Crippen LogP contribution in [0.5, 0.6) is 0 Å². The van der Waals surface area contributed by atoms with E-state index < -0.39 is 11.6 Å². The van der Waals surface area contributed by atoms with Crippen molar-refractivity contribution in [2.45, 2.75) is 0 Å². The highest BCUT2D eigenvalue weighted by molar-refractivity contribution is 6.31. The third-order valence-electron chi connectivity index (χ3n) is 1.98. The van der Waals surface area contributed by atoms with E-state index >= 15 is 0 Å². The molecule has 0 aliphatic heterocycles. The zero-order chi connectivity index (χ0) is 10.8. The predicted octanol–water partition coefficient (Wildman–Crippen LogP) is 3.30. The van der Waals surface area contributed by atoms with Crippen molar-refractivity contribution in [2.75, 3.05) is 0 Å². The number of carbonyl (C=O) groups excluding carboxylic acids is 1. The number of hydrogen-bond donors (Lipinski definition) is 0. The summed E-state index contributed by atoms with van der Waals surface area (Å²) in [5.41, 5.74) is 0.250. The average molecular weight is 225 g/mol. The highest BCUT2D eigenvalue weighted by atomic mass is 35.5. The molecule has 2 aromatic rings. The van der Waals surface area contributed by atoms with Crippen LogP contribution in [0.1, 0.15) is 15.9 Å². The van der Waals surface area contributed by atoms with Gasteiger partial charge in [0.05, 0.1) is 22.4 Å². The van der Waals surface area contributed by atoms with Gasteiger partial charge in [0, 0.05) is 0 Å². The lowest BCUT2D eigenvalue weighted by atomic mass is 10.1. The second-order valence-corrected chi connectivity index (χ2v) is 3.35. The third-order valence-corrected chi connectivity index (χ3v) is 2.27. The first-order valence-electron chi connectivity index (χ1n) is 4.21. The molecule has 4 heteroatoms. The Kier molecular flexibility index (Phi) is 2.56. The van der Waals surface area contributed by atoms with Gasteiger partial charge >= 0.3 is 0 Å². The second kappa shape index (κ2) is 3.87. The van der Waals surface area contributed by atoms with Crippen LogP contribution in [0.4, 0.5) is 4.39 Å². The molecular weight excluding hydrogens is 219 g/mol. The van der Waals surface area contributed by atoms with E-state index in [2.05, 4.69) is 0 Å². The normalized spacial score (nSPS) is 10.3. The minimum absolute atomic E-state index is 0.0519. The quantitative estimate of drug-likeness (QED) is 0.733. The van der Waals surface area contributed by atoms with E-state index in [9.17, 15) is 9.18 Å². The van der Waals surface area contributed by atoms with Crippen LogP contribution >= 0.6 is 11.6 Å². The van der Waals surface area contributed by atoms with E-state index in [1.165, 1.54) is 36.8 Å². The lowest BCUT2D eigenvalue weighted by Gasteiger charge is -2.01. The molecule has 15 heavy (non-hydrogen) atoms. The van der Waals surface area contributed by atoms with Crippen molar-refractivity contribution in [3.63, 3.8) is 0 Å². The fourth-order valence-corrected chi connectivity index (χ4v) is 1.40. The summed E-state index contributed by atoms with van der Waals surface area (Å²) in [4.78, 5) is 11.7. The molecule has 0 N–H and O–H groups in total. The number of rotatable bonds is 2. The molecule has 0 aliphatic rings. The number of carbonyl (C=O) groups is 1. The topological polar surface area (TPSA) is 30.2 Å². The molecule has 2 nitrogen and oxygen atoms in total. The summed E-state index contributed by atoms with van der Waals surface area (Å²) in [7, 11) is 0. The summed E-state index contributed by atoms with van der Waals surface area (Å²) < 4.78 is 18.2. The van der Waals surface area contributed by atoms with Crippen LogP contribution in [0.2, 0.25) is 5.02 Å². The molecule has 1 aromatic heterocycles. The Hall–Kier alpha value is -1.61. The molecular formula is C11H6ClFO2. The Morgan fingerprint density at radius 1 is 1.33 bits per heavy atom. The zero-order valence-electron chi connectivity index (χ0n) is 7.54. The minimum Gasteiger partial charge on any atom is -0.472 e. The van der Waals surface area contributed by atoms with Gasteiger partial charge in [-0.1, -0.05) is 17.7 Å². The molecule has 0 saturated heterocycles. The number of furan rings is 1. The van der Waals surface area contributed by atoms with Crippen molar-refractivity contribution in [1.82, 2.24) is 0 Å². The van der Waals surface area contributed by atoms with E-state index in [1.807, 2.05) is 0 Å². The van der Waals surface area contributed by atoms with Crippen LogP contribution in [-0.4, -0.2) is 5.78 Å². The molecule has 1 heterocycles. The minimum atomic E-state index is -0.703. The number of benzene rings is 1. The van der Waals surface area contributed by atoms with Crippen LogP contribution in [0.25, 0.3) is 0 Å². The van der Waals surface area contributed by atoms with Crippen molar-refractivity contribution in [2.24, 2.45) is 0 Å². The smallest absolute Gasteiger partial charge is 0.199 e. The highest BCUT2D eigenvalue weighted by Crippen LogP contribution is 2.20. The summed E-state index contributed by atoms with van der Waals surface area (Å²) in [5.74, 6) is -1.14. The van der Waals surface area contributed by atoms with Crippen molar-refractivity contribution < 1.29 is 13.6 Å². The maximum Gasteiger partial charge on any atom is 0.199 e. The maximum atomic E-state index is 13.5. The van der Waals surface area contributed by atoms with E-state index in [4.69, 9.17) is 16.0 Å². The standard InChI is InChI=1S/C11H6ClFO2/c12-9-3-1-2-8(10(9)13)11(14)7-4-5-15-6-7/h1-6H. The summed E-state index contributed by atoms with van der Waals surface area (Å²) in [6.07, 6.45) is 2.62. The predicted molar refractivity (Wildman–Crippen MR) is 53.6 cm³/mol. The van der Waals surface area contributed by atoms with Gasteiger partial charge in [-0.3, -0.25) is 4.79 Å². The Bertz CT molecular complexity index is 491. The largest absolute Gasteiger partial charge is 0.472 e. The lowest BCUT2D eigenvalue weighted by molar-refractivity contribution is 0.103. The Labute approximate surface area is 90.3 Å². The van der Waals surface area contributed by atoms with E-state index in [0.29, 0.717) is 5.56 Å². The maximum absolute atomic E-state index is 13.5. The van der Waals surface area contributed by atoms with E-state index in [1.54, 1.807) is 0 Å². The van der Waals surface area contributed by atoms with Crippen LogP contribution in [-0.2, 0) is 0 Å². The van der Waals surface area contributed by atoms with Crippen LogP contribution < -0.4 is 0 Å². The summed E-state index contributed by atoms with van der Waals surface area (Å²) >= 11 is 5.57. The Balaban J connectivity index is 2.47. The molecule has 0 amide bonds. The average Bonchev–Trinajstić information content (AvgIpc) is 2.74. The number of ketones is 1. The SMILES string of the molecule is O=C(c1ccoc1)c1cccc(Cl)c1F. The van der Waals surface area contributed by atoms with Gasteiger partial charge in [-0.05, 0) is 18.2 Å². The second-order valence-electron chi connectivity index (χ2n) is 2.94. The van der Waals surface area contributed by atoms with Gasteiger partial charge in [-0.2, -0.15) is 0 Å². The first-order valence-corrected chi connectivity index (χ1v) is 4.59. The molecule has 0 radical (unpaired) electrons. The first-order chi connectivity index (χ1) is 7.20. The molecule has 76 valence electrons.